The SMILES string of the molecule is CN(C)C1COC2(CCN(C(=O)c3cc[nH]c3)CC2)C1. The van der Waals surface area contributed by atoms with Crippen molar-refractivity contribution in [3.8, 4) is 0 Å². The van der Waals surface area contributed by atoms with Gasteiger partial charge in [-0.3, -0.25) is 4.79 Å². The number of likely N-dealkylation sites (N-methyl/N-ethyl adjacent to an activating group) is 1. The first kappa shape index (κ1) is 13.6. The number of aromatic amines is 1. The average Bonchev–Trinajstić information content (AvgIpc) is 3.09. The van der Waals surface area contributed by atoms with Crippen LogP contribution >= 0.6 is 0 Å². The maximum atomic E-state index is 12.3. The van der Waals surface area contributed by atoms with Crippen LogP contribution < -0.4 is 0 Å². The smallest absolute Gasteiger partial charge is 0.255 e. The fourth-order valence-electron chi connectivity index (χ4n) is 3.26. The molecule has 3 heterocycles. The van der Waals surface area contributed by atoms with Crippen molar-refractivity contribution in [1.82, 2.24) is 14.8 Å². The highest BCUT2D eigenvalue weighted by Gasteiger charge is 2.43. The molecule has 3 rings (SSSR count). The second kappa shape index (κ2) is 5.22. The number of ether oxygens (including phenoxy) is 1. The third kappa shape index (κ3) is 2.47. The molecule has 1 unspecified atom stereocenters. The molecular formula is C15H23N3O2. The van der Waals surface area contributed by atoms with E-state index >= 15 is 0 Å². The Hall–Kier alpha value is -1.33. The van der Waals surface area contributed by atoms with Crippen LogP contribution in [0.3, 0.4) is 0 Å². The molecule has 1 atom stereocenters. The summed E-state index contributed by atoms with van der Waals surface area (Å²) in [6, 6.07) is 2.35. The number of likely N-dealkylation sites (tertiary alicyclic amines) is 1. The minimum absolute atomic E-state index is 0.00383. The van der Waals surface area contributed by atoms with Crippen LogP contribution in [0.1, 0.15) is 29.6 Å². The van der Waals surface area contributed by atoms with Gasteiger partial charge in [-0.05, 0) is 39.4 Å². The number of carbonyl (C=O) groups excluding carboxylic acids is 1. The van der Waals surface area contributed by atoms with Crippen LogP contribution in [0.2, 0.25) is 0 Å². The van der Waals surface area contributed by atoms with E-state index in [1.165, 1.54) is 0 Å². The van der Waals surface area contributed by atoms with E-state index in [1.807, 2.05) is 11.0 Å². The van der Waals surface area contributed by atoms with E-state index in [-0.39, 0.29) is 11.5 Å². The second-order valence-corrected chi connectivity index (χ2v) is 6.21. The Morgan fingerprint density at radius 2 is 2.20 bits per heavy atom. The van der Waals surface area contributed by atoms with Gasteiger partial charge in [0.25, 0.3) is 5.91 Å². The maximum Gasteiger partial charge on any atom is 0.255 e. The molecule has 1 spiro atoms. The summed E-state index contributed by atoms with van der Waals surface area (Å²) in [5.74, 6) is 0.128. The van der Waals surface area contributed by atoms with E-state index in [4.69, 9.17) is 4.74 Å². The minimum Gasteiger partial charge on any atom is -0.373 e. The van der Waals surface area contributed by atoms with Gasteiger partial charge in [-0.15, -0.1) is 0 Å². The number of carbonyl (C=O) groups is 1. The molecule has 5 heteroatoms. The molecule has 0 aliphatic carbocycles. The summed E-state index contributed by atoms with van der Waals surface area (Å²) in [7, 11) is 4.22. The Morgan fingerprint density at radius 3 is 2.75 bits per heavy atom. The lowest BCUT2D eigenvalue weighted by Gasteiger charge is -2.38. The van der Waals surface area contributed by atoms with Crippen molar-refractivity contribution in [2.24, 2.45) is 0 Å². The van der Waals surface area contributed by atoms with Crippen LogP contribution in [0.5, 0.6) is 0 Å². The zero-order chi connectivity index (χ0) is 14.2. The number of nitrogens with one attached hydrogen (secondary N) is 1. The summed E-state index contributed by atoms with van der Waals surface area (Å²) in [6.45, 7) is 2.41. The summed E-state index contributed by atoms with van der Waals surface area (Å²) in [6.07, 6.45) is 6.55. The van der Waals surface area contributed by atoms with Gasteiger partial charge in [0.1, 0.15) is 0 Å². The molecule has 20 heavy (non-hydrogen) atoms. The van der Waals surface area contributed by atoms with Crippen molar-refractivity contribution < 1.29 is 9.53 Å². The first-order valence-electron chi connectivity index (χ1n) is 7.32. The van der Waals surface area contributed by atoms with Gasteiger partial charge in [-0.25, -0.2) is 0 Å². The molecule has 0 bridgehead atoms. The molecule has 110 valence electrons. The van der Waals surface area contributed by atoms with Crippen LogP contribution in [0, 0.1) is 0 Å². The van der Waals surface area contributed by atoms with E-state index in [9.17, 15) is 4.79 Å². The van der Waals surface area contributed by atoms with Gasteiger partial charge in [0.15, 0.2) is 0 Å². The molecular weight excluding hydrogens is 254 g/mol. The fraction of sp³-hybridized carbons (Fsp3) is 0.667. The molecule has 2 fully saturated rings. The number of aromatic nitrogens is 1. The van der Waals surface area contributed by atoms with Gasteiger partial charge in [-0.1, -0.05) is 0 Å². The quantitative estimate of drug-likeness (QED) is 0.887. The lowest BCUT2D eigenvalue weighted by atomic mass is 9.87. The molecule has 2 aliphatic rings. The molecule has 1 N–H and O–H groups in total. The molecule has 5 nitrogen and oxygen atoms in total. The summed E-state index contributed by atoms with van der Waals surface area (Å²) >= 11 is 0. The topological polar surface area (TPSA) is 48.6 Å². The predicted molar refractivity (Wildman–Crippen MR) is 76.7 cm³/mol. The van der Waals surface area contributed by atoms with Gasteiger partial charge in [0.05, 0.1) is 17.8 Å². The highest BCUT2D eigenvalue weighted by atomic mass is 16.5. The largest absolute Gasteiger partial charge is 0.373 e. The first-order chi connectivity index (χ1) is 9.60. The number of nitrogens with zero attached hydrogens (tertiary/aromatic N) is 2. The number of H-pyrrole nitrogens is 1. The second-order valence-electron chi connectivity index (χ2n) is 6.21. The van der Waals surface area contributed by atoms with E-state index < -0.39 is 0 Å². The van der Waals surface area contributed by atoms with Crippen LogP contribution in [0.25, 0.3) is 0 Å². The monoisotopic (exact) mass is 277 g/mol. The van der Waals surface area contributed by atoms with E-state index in [1.54, 1.807) is 12.4 Å². The molecule has 1 amide bonds. The van der Waals surface area contributed by atoms with Crippen molar-refractivity contribution in [3.63, 3.8) is 0 Å². The Balaban J connectivity index is 1.59. The average molecular weight is 277 g/mol. The van der Waals surface area contributed by atoms with Gasteiger partial charge >= 0.3 is 0 Å². The zero-order valence-electron chi connectivity index (χ0n) is 12.3. The van der Waals surface area contributed by atoms with Crippen molar-refractivity contribution in [2.75, 3.05) is 33.8 Å². The number of amides is 1. The van der Waals surface area contributed by atoms with E-state index in [0.29, 0.717) is 6.04 Å². The van der Waals surface area contributed by atoms with Crippen molar-refractivity contribution in [2.45, 2.75) is 30.9 Å². The third-order valence-electron chi connectivity index (χ3n) is 4.73. The van der Waals surface area contributed by atoms with Crippen molar-refractivity contribution in [3.05, 3.63) is 24.0 Å². The lowest BCUT2D eigenvalue weighted by Crippen LogP contribution is -2.46. The van der Waals surface area contributed by atoms with Gasteiger partial charge < -0.3 is 19.5 Å². The number of piperidine rings is 1. The number of hydrogen-bond acceptors (Lipinski definition) is 3. The summed E-state index contributed by atoms with van der Waals surface area (Å²) in [5, 5.41) is 0. The highest BCUT2D eigenvalue weighted by Crippen LogP contribution is 2.37. The molecule has 0 saturated carbocycles. The van der Waals surface area contributed by atoms with Gasteiger partial charge in [0.2, 0.25) is 0 Å². The third-order valence-corrected chi connectivity index (χ3v) is 4.73. The van der Waals surface area contributed by atoms with E-state index in [2.05, 4.69) is 24.0 Å². The van der Waals surface area contributed by atoms with Crippen LogP contribution in [0.4, 0.5) is 0 Å². The predicted octanol–water partition coefficient (Wildman–Crippen LogP) is 1.34. The Bertz CT molecular complexity index is 461. The summed E-state index contributed by atoms with van der Waals surface area (Å²) in [5.41, 5.74) is 0.753. The normalized spacial score (nSPS) is 25.6. The number of hydrogen-bond donors (Lipinski definition) is 1. The summed E-state index contributed by atoms with van der Waals surface area (Å²) < 4.78 is 6.09. The molecule has 0 radical (unpaired) electrons. The minimum atomic E-state index is 0.00383. The van der Waals surface area contributed by atoms with Crippen LogP contribution in [-0.4, -0.2) is 66.1 Å². The van der Waals surface area contributed by atoms with Crippen molar-refractivity contribution >= 4 is 5.91 Å². The molecule has 1 aromatic rings. The van der Waals surface area contributed by atoms with Crippen molar-refractivity contribution in [1.29, 1.82) is 0 Å². The number of rotatable bonds is 2. The van der Waals surface area contributed by atoms with E-state index in [0.717, 1.165) is 44.5 Å². The Morgan fingerprint density at radius 1 is 1.45 bits per heavy atom. The fourth-order valence-corrected chi connectivity index (χ4v) is 3.26. The zero-order valence-corrected chi connectivity index (χ0v) is 12.3. The molecule has 2 saturated heterocycles. The van der Waals surface area contributed by atoms with Crippen LogP contribution in [0.15, 0.2) is 18.5 Å². The maximum absolute atomic E-state index is 12.3. The lowest BCUT2D eigenvalue weighted by molar-refractivity contribution is -0.0392. The molecule has 1 aromatic heterocycles. The first-order valence-corrected chi connectivity index (χ1v) is 7.32. The summed E-state index contributed by atoms with van der Waals surface area (Å²) in [4.78, 5) is 19.4. The van der Waals surface area contributed by atoms with Gasteiger partial charge in [-0.2, -0.15) is 0 Å². The Kier molecular flexibility index (Phi) is 3.56. The molecule has 2 aliphatic heterocycles. The molecule has 0 aromatic carbocycles. The van der Waals surface area contributed by atoms with Crippen LogP contribution in [-0.2, 0) is 4.74 Å². The van der Waals surface area contributed by atoms with Gasteiger partial charge in [0, 0.05) is 31.5 Å². The Labute approximate surface area is 119 Å². The standard InChI is InChI=1S/C15H23N3O2/c1-17(2)13-9-15(20-11-13)4-7-18(8-5-15)14(19)12-3-6-16-10-12/h3,6,10,13,16H,4-5,7-9,11H2,1-2H3. The highest BCUT2D eigenvalue weighted by molar-refractivity contribution is 5.94.